The average molecular weight is 97.2 g/mol. The van der Waals surface area contributed by atoms with Crippen molar-refractivity contribution in [2.75, 3.05) is 0 Å². The summed E-state index contributed by atoms with van der Waals surface area (Å²) in [7, 11) is 0. The van der Waals surface area contributed by atoms with Crippen LogP contribution >= 0.6 is 0 Å². The fourth-order valence-corrected chi connectivity index (χ4v) is 0.279. The van der Waals surface area contributed by atoms with Crippen LogP contribution < -0.4 is 5.73 Å². The third-order valence-corrected chi connectivity index (χ3v) is 0.594. The van der Waals surface area contributed by atoms with E-state index < -0.39 is 0 Å². The van der Waals surface area contributed by atoms with Crippen molar-refractivity contribution in [1.29, 1.82) is 0 Å². The lowest BCUT2D eigenvalue weighted by molar-refractivity contribution is 1.22. The Morgan fingerprint density at radius 1 is 1.43 bits per heavy atom. The molecule has 1 nitrogen and oxygen atoms in total. The summed E-state index contributed by atoms with van der Waals surface area (Å²) in [5.41, 5.74) is 5.04. The van der Waals surface area contributed by atoms with Gasteiger partial charge in [0.05, 0.1) is 0 Å². The van der Waals surface area contributed by atoms with Gasteiger partial charge in [0, 0.05) is 0 Å². The third kappa shape index (κ3) is 5.28. The zero-order valence-electron chi connectivity index (χ0n) is 4.59. The van der Waals surface area contributed by atoms with Crippen molar-refractivity contribution < 1.29 is 0 Å². The molecule has 0 rings (SSSR count). The Kier molecular flexibility index (Phi) is 4.74. The molecule has 0 bridgehead atoms. The number of hydrogen-bond acceptors (Lipinski definition) is 1. The highest BCUT2D eigenvalue weighted by molar-refractivity contribution is 4.99. The van der Waals surface area contributed by atoms with Crippen LogP contribution in [0.4, 0.5) is 0 Å². The second-order valence-electron chi connectivity index (χ2n) is 1.22. The molecule has 2 N–H and O–H groups in total. The quantitative estimate of drug-likeness (QED) is 0.518. The highest BCUT2D eigenvalue weighted by Crippen LogP contribution is 1.77. The van der Waals surface area contributed by atoms with Crippen LogP contribution in [0, 0.1) is 0 Å². The van der Waals surface area contributed by atoms with Crippen molar-refractivity contribution in [2.24, 2.45) is 5.73 Å². The van der Waals surface area contributed by atoms with E-state index in [0.717, 1.165) is 6.42 Å². The van der Waals surface area contributed by atoms with Crippen LogP contribution in [0.25, 0.3) is 0 Å². The molecule has 0 aliphatic heterocycles. The van der Waals surface area contributed by atoms with E-state index in [1.165, 1.54) is 6.20 Å². The maximum Gasteiger partial charge on any atom is -0.00625 e. The van der Waals surface area contributed by atoms with E-state index >= 15 is 0 Å². The SMILES string of the molecule is CC/C=C\C=C\N. The number of nitrogens with two attached hydrogens (primary N) is 1. The molecule has 0 aliphatic carbocycles. The highest BCUT2D eigenvalue weighted by Gasteiger charge is 1.57. The molecule has 0 aromatic carbocycles. The van der Waals surface area contributed by atoms with Crippen molar-refractivity contribution in [3.8, 4) is 0 Å². The molecule has 0 heterocycles. The molecule has 7 heavy (non-hydrogen) atoms. The summed E-state index contributed by atoms with van der Waals surface area (Å²) in [5.74, 6) is 0. The monoisotopic (exact) mass is 97.1 g/mol. The molecule has 0 aromatic heterocycles. The number of rotatable bonds is 2. The first-order chi connectivity index (χ1) is 3.41. The van der Waals surface area contributed by atoms with E-state index in [9.17, 15) is 0 Å². The van der Waals surface area contributed by atoms with Gasteiger partial charge in [-0.1, -0.05) is 19.1 Å². The second kappa shape index (κ2) is 5.28. The normalized spacial score (nSPS) is 11.6. The van der Waals surface area contributed by atoms with Gasteiger partial charge in [0.1, 0.15) is 0 Å². The largest absolute Gasteiger partial charge is 0.405 e. The lowest BCUT2D eigenvalue weighted by Crippen LogP contribution is -1.71. The molecule has 0 atom stereocenters. The maximum atomic E-state index is 5.04. The van der Waals surface area contributed by atoms with Crippen molar-refractivity contribution in [1.82, 2.24) is 0 Å². The van der Waals surface area contributed by atoms with Gasteiger partial charge >= 0.3 is 0 Å². The van der Waals surface area contributed by atoms with E-state index in [4.69, 9.17) is 5.73 Å². The molecule has 0 radical (unpaired) electrons. The van der Waals surface area contributed by atoms with Gasteiger partial charge in [0.2, 0.25) is 0 Å². The standard InChI is InChI=1S/C6H11N/c1-2-3-4-5-6-7/h3-6H,2,7H2,1H3/b4-3-,6-5+. The van der Waals surface area contributed by atoms with Gasteiger partial charge < -0.3 is 5.73 Å². The summed E-state index contributed by atoms with van der Waals surface area (Å²) in [6.07, 6.45) is 8.38. The summed E-state index contributed by atoms with van der Waals surface area (Å²) >= 11 is 0. The molecule has 0 amide bonds. The first-order valence-corrected chi connectivity index (χ1v) is 2.45. The topological polar surface area (TPSA) is 26.0 Å². The Balaban J connectivity index is 3.09. The predicted molar refractivity (Wildman–Crippen MR) is 32.8 cm³/mol. The number of hydrogen-bond donors (Lipinski definition) is 1. The van der Waals surface area contributed by atoms with Gasteiger partial charge in [-0.2, -0.15) is 0 Å². The van der Waals surface area contributed by atoms with Crippen LogP contribution in [0.5, 0.6) is 0 Å². The smallest absolute Gasteiger partial charge is 0.00625 e. The molecular formula is C6H11N. The van der Waals surface area contributed by atoms with E-state index in [1.54, 1.807) is 0 Å². The fraction of sp³-hybridized carbons (Fsp3) is 0.333. The van der Waals surface area contributed by atoms with E-state index in [2.05, 4.69) is 6.92 Å². The van der Waals surface area contributed by atoms with Crippen LogP contribution in [0.3, 0.4) is 0 Å². The van der Waals surface area contributed by atoms with E-state index in [1.807, 2.05) is 18.2 Å². The van der Waals surface area contributed by atoms with E-state index in [0.29, 0.717) is 0 Å². The summed E-state index contributed by atoms with van der Waals surface area (Å²) in [6.45, 7) is 2.08. The molecule has 40 valence electrons. The summed E-state index contributed by atoms with van der Waals surface area (Å²) in [6, 6.07) is 0. The van der Waals surface area contributed by atoms with Crippen molar-refractivity contribution in [3.63, 3.8) is 0 Å². The van der Waals surface area contributed by atoms with Gasteiger partial charge in [-0.05, 0) is 18.7 Å². The van der Waals surface area contributed by atoms with Crippen molar-refractivity contribution >= 4 is 0 Å². The number of allylic oxidation sites excluding steroid dienone is 3. The lowest BCUT2D eigenvalue weighted by atomic mass is 10.4. The first kappa shape index (κ1) is 6.28. The average Bonchev–Trinajstić information content (AvgIpc) is 1.69. The van der Waals surface area contributed by atoms with Crippen LogP contribution in [0.2, 0.25) is 0 Å². The second-order valence-corrected chi connectivity index (χ2v) is 1.22. The van der Waals surface area contributed by atoms with Crippen LogP contribution in [-0.2, 0) is 0 Å². The minimum absolute atomic E-state index is 1.07. The van der Waals surface area contributed by atoms with Crippen LogP contribution in [0.15, 0.2) is 24.4 Å². The molecule has 0 fully saturated rings. The minimum atomic E-state index is 1.07. The van der Waals surface area contributed by atoms with Gasteiger partial charge in [0.25, 0.3) is 0 Å². The molecule has 0 unspecified atom stereocenters. The first-order valence-electron chi connectivity index (χ1n) is 2.45. The predicted octanol–water partition coefficient (Wildman–Crippen LogP) is 1.43. The third-order valence-electron chi connectivity index (χ3n) is 0.594. The Bertz CT molecular complexity index is 72.2. The zero-order valence-corrected chi connectivity index (χ0v) is 4.59. The van der Waals surface area contributed by atoms with Gasteiger partial charge in [-0.3, -0.25) is 0 Å². The zero-order chi connectivity index (χ0) is 5.54. The molecule has 0 spiro atoms. The van der Waals surface area contributed by atoms with Gasteiger partial charge in [-0.25, -0.2) is 0 Å². The van der Waals surface area contributed by atoms with Crippen LogP contribution in [0.1, 0.15) is 13.3 Å². The Labute approximate surface area is 44.5 Å². The van der Waals surface area contributed by atoms with Gasteiger partial charge in [-0.15, -0.1) is 0 Å². The summed E-state index contributed by atoms with van der Waals surface area (Å²) < 4.78 is 0. The fourth-order valence-electron chi connectivity index (χ4n) is 0.279. The molecule has 1 heteroatoms. The maximum absolute atomic E-state index is 5.04. The molecular weight excluding hydrogens is 86.1 g/mol. The van der Waals surface area contributed by atoms with E-state index in [-0.39, 0.29) is 0 Å². The summed E-state index contributed by atoms with van der Waals surface area (Å²) in [4.78, 5) is 0. The summed E-state index contributed by atoms with van der Waals surface area (Å²) in [5, 5.41) is 0. The minimum Gasteiger partial charge on any atom is -0.405 e. The molecule has 0 aliphatic rings. The molecule has 0 saturated heterocycles. The Morgan fingerprint density at radius 2 is 2.14 bits per heavy atom. The lowest BCUT2D eigenvalue weighted by Gasteiger charge is -1.70. The highest BCUT2D eigenvalue weighted by atomic mass is 14.5. The Hall–Kier alpha value is -0.720. The van der Waals surface area contributed by atoms with Crippen molar-refractivity contribution in [2.45, 2.75) is 13.3 Å². The van der Waals surface area contributed by atoms with Crippen LogP contribution in [-0.4, -0.2) is 0 Å². The van der Waals surface area contributed by atoms with Gasteiger partial charge in [0.15, 0.2) is 0 Å². The Morgan fingerprint density at radius 3 is 2.57 bits per heavy atom. The van der Waals surface area contributed by atoms with Crippen molar-refractivity contribution in [3.05, 3.63) is 24.4 Å². The molecule has 0 saturated carbocycles. The molecule has 0 aromatic rings.